The molecule has 0 saturated carbocycles. The molecule has 16 heavy (non-hydrogen) atoms. The highest BCUT2D eigenvalue weighted by atomic mass is 16.5. The summed E-state index contributed by atoms with van der Waals surface area (Å²) in [6.45, 7) is 2.63. The van der Waals surface area contributed by atoms with E-state index in [1.807, 2.05) is 24.9 Å². The Kier molecular flexibility index (Phi) is 4.69. The number of hydrogen-bond donors (Lipinski definition) is 0. The molecule has 0 amide bonds. The van der Waals surface area contributed by atoms with Gasteiger partial charge in [0.25, 0.3) is 0 Å². The topological polar surface area (TPSA) is 55.3 Å². The molecule has 0 radical (unpaired) electrons. The van der Waals surface area contributed by atoms with Gasteiger partial charge >= 0.3 is 5.97 Å². The molecule has 1 heterocycles. The Morgan fingerprint density at radius 3 is 2.88 bits per heavy atom. The van der Waals surface area contributed by atoms with Crippen LogP contribution in [-0.4, -0.2) is 36.6 Å². The van der Waals surface area contributed by atoms with Gasteiger partial charge in [0.1, 0.15) is 12.1 Å². The van der Waals surface area contributed by atoms with E-state index in [0.717, 1.165) is 17.9 Å². The standard InChI is InChI=1S/C11H17N3O2/c1-4-9-7-10(13-8-12-9)14(2)6-5-11(15)16-3/h7-8H,4-6H2,1-3H3. The quantitative estimate of drug-likeness (QED) is 0.698. The van der Waals surface area contributed by atoms with Crippen molar-refractivity contribution in [1.29, 1.82) is 0 Å². The number of carbonyl (C=O) groups excluding carboxylic acids is 1. The highest BCUT2D eigenvalue weighted by Crippen LogP contribution is 2.09. The van der Waals surface area contributed by atoms with Crippen LogP contribution in [0.3, 0.4) is 0 Å². The third-order valence-electron chi connectivity index (χ3n) is 2.34. The number of nitrogens with zero attached hydrogens (tertiary/aromatic N) is 3. The molecule has 0 aliphatic rings. The first kappa shape index (κ1) is 12.4. The molecule has 5 nitrogen and oxygen atoms in total. The monoisotopic (exact) mass is 223 g/mol. The largest absolute Gasteiger partial charge is 0.469 e. The van der Waals surface area contributed by atoms with Crippen LogP contribution in [0.5, 0.6) is 0 Å². The predicted octanol–water partition coefficient (Wildman–Crippen LogP) is 1.04. The van der Waals surface area contributed by atoms with Crippen molar-refractivity contribution in [3.05, 3.63) is 18.1 Å². The zero-order valence-corrected chi connectivity index (χ0v) is 9.93. The van der Waals surface area contributed by atoms with Crippen molar-refractivity contribution in [3.8, 4) is 0 Å². The Morgan fingerprint density at radius 1 is 1.50 bits per heavy atom. The molecule has 0 atom stereocenters. The number of rotatable bonds is 5. The number of carbonyl (C=O) groups is 1. The molecular formula is C11H17N3O2. The van der Waals surface area contributed by atoms with Gasteiger partial charge in [-0.25, -0.2) is 9.97 Å². The number of aromatic nitrogens is 2. The lowest BCUT2D eigenvalue weighted by molar-refractivity contribution is -0.140. The van der Waals surface area contributed by atoms with E-state index in [9.17, 15) is 4.79 Å². The molecule has 0 unspecified atom stereocenters. The van der Waals surface area contributed by atoms with Crippen molar-refractivity contribution in [2.45, 2.75) is 19.8 Å². The van der Waals surface area contributed by atoms with E-state index in [4.69, 9.17) is 0 Å². The van der Waals surface area contributed by atoms with Gasteiger partial charge < -0.3 is 9.64 Å². The molecule has 5 heteroatoms. The second kappa shape index (κ2) is 6.05. The summed E-state index contributed by atoms with van der Waals surface area (Å²) in [6, 6.07) is 1.93. The van der Waals surface area contributed by atoms with E-state index < -0.39 is 0 Å². The van der Waals surface area contributed by atoms with Crippen LogP contribution in [0, 0.1) is 0 Å². The Morgan fingerprint density at radius 2 is 2.25 bits per heavy atom. The van der Waals surface area contributed by atoms with Crippen molar-refractivity contribution >= 4 is 11.8 Å². The van der Waals surface area contributed by atoms with Crippen molar-refractivity contribution < 1.29 is 9.53 Å². The normalized spacial score (nSPS) is 9.94. The van der Waals surface area contributed by atoms with Crippen LogP contribution in [0.2, 0.25) is 0 Å². The van der Waals surface area contributed by atoms with Gasteiger partial charge in [-0.2, -0.15) is 0 Å². The number of esters is 1. The molecule has 1 aromatic rings. The minimum absolute atomic E-state index is 0.211. The van der Waals surface area contributed by atoms with E-state index in [2.05, 4.69) is 14.7 Å². The molecule has 0 fully saturated rings. The SMILES string of the molecule is CCc1cc(N(C)CCC(=O)OC)ncn1. The molecule has 88 valence electrons. The summed E-state index contributed by atoms with van der Waals surface area (Å²) in [4.78, 5) is 21.2. The number of ether oxygens (including phenoxy) is 1. The Hall–Kier alpha value is -1.65. The Labute approximate surface area is 95.5 Å². The smallest absolute Gasteiger partial charge is 0.307 e. The molecule has 0 aliphatic heterocycles. The second-order valence-electron chi connectivity index (χ2n) is 3.47. The van der Waals surface area contributed by atoms with E-state index in [-0.39, 0.29) is 5.97 Å². The molecule has 0 aliphatic carbocycles. The fraction of sp³-hybridized carbons (Fsp3) is 0.545. The minimum atomic E-state index is -0.211. The second-order valence-corrected chi connectivity index (χ2v) is 3.47. The van der Waals surface area contributed by atoms with Crippen LogP contribution in [0.1, 0.15) is 19.0 Å². The van der Waals surface area contributed by atoms with Crippen LogP contribution in [-0.2, 0) is 16.0 Å². The van der Waals surface area contributed by atoms with Gasteiger partial charge in [-0.15, -0.1) is 0 Å². The van der Waals surface area contributed by atoms with Crippen LogP contribution < -0.4 is 4.90 Å². The number of aryl methyl sites for hydroxylation is 1. The Balaban J connectivity index is 2.58. The van der Waals surface area contributed by atoms with Crippen LogP contribution >= 0.6 is 0 Å². The van der Waals surface area contributed by atoms with Crippen molar-refractivity contribution in [2.75, 3.05) is 25.6 Å². The van der Waals surface area contributed by atoms with Gasteiger partial charge in [0.05, 0.1) is 13.5 Å². The van der Waals surface area contributed by atoms with Crippen molar-refractivity contribution in [2.24, 2.45) is 0 Å². The zero-order valence-electron chi connectivity index (χ0n) is 9.93. The van der Waals surface area contributed by atoms with Crippen LogP contribution in [0.25, 0.3) is 0 Å². The van der Waals surface area contributed by atoms with Crippen LogP contribution in [0.4, 0.5) is 5.82 Å². The third kappa shape index (κ3) is 3.49. The van der Waals surface area contributed by atoms with Crippen LogP contribution in [0.15, 0.2) is 12.4 Å². The summed E-state index contributed by atoms with van der Waals surface area (Å²) < 4.78 is 4.58. The number of hydrogen-bond acceptors (Lipinski definition) is 5. The average Bonchev–Trinajstić information content (AvgIpc) is 2.35. The van der Waals surface area contributed by atoms with Gasteiger partial charge in [0, 0.05) is 25.4 Å². The van der Waals surface area contributed by atoms with E-state index in [1.54, 1.807) is 6.33 Å². The predicted molar refractivity (Wildman–Crippen MR) is 61.3 cm³/mol. The molecule has 0 saturated heterocycles. The fourth-order valence-electron chi connectivity index (χ4n) is 1.26. The summed E-state index contributed by atoms with van der Waals surface area (Å²) in [7, 11) is 3.28. The number of methoxy groups -OCH3 is 1. The zero-order chi connectivity index (χ0) is 12.0. The lowest BCUT2D eigenvalue weighted by Crippen LogP contribution is -2.22. The molecular weight excluding hydrogens is 206 g/mol. The molecule has 0 N–H and O–H groups in total. The molecule has 1 aromatic heterocycles. The average molecular weight is 223 g/mol. The van der Waals surface area contributed by atoms with Gasteiger partial charge in [0.2, 0.25) is 0 Å². The van der Waals surface area contributed by atoms with Crippen molar-refractivity contribution in [3.63, 3.8) is 0 Å². The maximum atomic E-state index is 11.0. The summed E-state index contributed by atoms with van der Waals surface area (Å²) >= 11 is 0. The first-order valence-electron chi connectivity index (χ1n) is 5.26. The van der Waals surface area contributed by atoms with Crippen molar-refractivity contribution in [1.82, 2.24) is 9.97 Å². The lowest BCUT2D eigenvalue weighted by Gasteiger charge is -2.17. The van der Waals surface area contributed by atoms with Gasteiger partial charge in [0.15, 0.2) is 0 Å². The van der Waals surface area contributed by atoms with E-state index in [1.165, 1.54) is 7.11 Å². The highest BCUT2D eigenvalue weighted by Gasteiger charge is 2.06. The number of anilines is 1. The summed E-state index contributed by atoms with van der Waals surface area (Å²) in [6.07, 6.45) is 2.78. The summed E-state index contributed by atoms with van der Waals surface area (Å²) in [5, 5.41) is 0. The summed E-state index contributed by atoms with van der Waals surface area (Å²) in [5.74, 6) is 0.618. The van der Waals surface area contributed by atoms with Gasteiger partial charge in [-0.05, 0) is 6.42 Å². The van der Waals surface area contributed by atoms with E-state index >= 15 is 0 Å². The maximum absolute atomic E-state index is 11.0. The van der Waals surface area contributed by atoms with Gasteiger partial charge in [-0.1, -0.05) is 6.92 Å². The first-order valence-corrected chi connectivity index (χ1v) is 5.26. The highest BCUT2D eigenvalue weighted by molar-refractivity contribution is 5.69. The maximum Gasteiger partial charge on any atom is 0.307 e. The molecule has 0 spiro atoms. The minimum Gasteiger partial charge on any atom is -0.469 e. The van der Waals surface area contributed by atoms with E-state index in [0.29, 0.717) is 13.0 Å². The summed E-state index contributed by atoms with van der Waals surface area (Å²) in [5.41, 5.74) is 0.995. The Bertz CT molecular complexity index is 355. The van der Waals surface area contributed by atoms with Gasteiger partial charge in [-0.3, -0.25) is 4.79 Å². The third-order valence-corrected chi connectivity index (χ3v) is 2.34. The lowest BCUT2D eigenvalue weighted by atomic mass is 10.3. The molecule has 0 aromatic carbocycles. The fourth-order valence-corrected chi connectivity index (χ4v) is 1.26. The molecule has 0 bridgehead atoms. The molecule has 1 rings (SSSR count). The first-order chi connectivity index (χ1) is 7.67.